The van der Waals surface area contributed by atoms with Crippen LogP contribution in [0.4, 0.5) is 0 Å². The summed E-state index contributed by atoms with van der Waals surface area (Å²) in [6, 6.07) is 12.1. The lowest BCUT2D eigenvalue weighted by molar-refractivity contribution is 0.329. The molecule has 0 bridgehead atoms. The van der Waals surface area contributed by atoms with Crippen LogP contribution in [0.3, 0.4) is 0 Å². The van der Waals surface area contributed by atoms with Crippen molar-refractivity contribution in [2.24, 2.45) is 4.99 Å². The van der Waals surface area contributed by atoms with Gasteiger partial charge in [-0.25, -0.2) is 0 Å². The summed E-state index contributed by atoms with van der Waals surface area (Å²) in [6.07, 6.45) is 1.60. The van der Waals surface area contributed by atoms with E-state index in [4.69, 9.17) is 21.1 Å². The third-order valence-corrected chi connectivity index (χ3v) is 3.02. The molecule has 0 aliphatic heterocycles. The number of aromatic hydroxyl groups is 1. The number of hydrogen-bond donors (Lipinski definition) is 1. The highest BCUT2D eigenvalue weighted by atomic mass is 35.5. The van der Waals surface area contributed by atoms with Crippen molar-refractivity contribution in [1.82, 2.24) is 0 Å². The number of phenols is 1. The SMILES string of the molecule is COc1ccc(O)c(C=NCCOc2ccc(Cl)cc2)c1. The zero-order valence-corrected chi connectivity index (χ0v) is 12.4. The Kier molecular flexibility index (Phi) is 5.46. The van der Waals surface area contributed by atoms with Crippen LogP contribution >= 0.6 is 11.6 Å². The van der Waals surface area contributed by atoms with Crippen molar-refractivity contribution in [1.29, 1.82) is 0 Å². The van der Waals surface area contributed by atoms with Crippen molar-refractivity contribution in [3.05, 3.63) is 53.1 Å². The van der Waals surface area contributed by atoms with E-state index in [1.54, 1.807) is 55.8 Å². The molecule has 1 N–H and O–H groups in total. The summed E-state index contributed by atoms with van der Waals surface area (Å²) in [5.41, 5.74) is 0.612. The molecule has 0 saturated carbocycles. The van der Waals surface area contributed by atoms with E-state index in [1.807, 2.05) is 0 Å². The maximum Gasteiger partial charge on any atom is 0.124 e. The van der Waals surface area contributed by atoms with E-state index in [2.05, 4.69) is 4.99 Å². The Morgan fingerprint density at radius 1 is 1.14 bits per heavy atom. The molecule has 21 heavy (non-hydrogen) atoms. The molecule has 2 aromatic rings. The first kappa shape index (κ1) is 15.2. The van der Waals surface area contributed by atoms with Gasteiger partial charge in [-0.1, -0.05) is 11.6 Å². The lowest BCUT2D eigenvalue weighted by Crippen LogP contribution is -2.01. The monoisotopic (exact) mass is 305 g/mol. The number of aliphatic imine (C=N–C) groups is 1. The second kappa shape index (κ2) is 7.55. The van der Waals surface area contributed by atoms with Gasteiger partial charge in [-0.3, -0.25) is 4.99 Å². The van der Waals surface area contributed by atoms with Crippen molar-refractivity contribution < 1.29 is 14.6 Å². The third-order valence-electron chi connectivity index (χ3n) is 2.77. The highest BCUT2D eigenvalue weighted by Gasteiger charge is 2.00. The van der Waals surface area contributed by atoms with Gasteiger partial charge >= 0.3 is 0 Å². The number of halogens is 1. The maximum absolute atomic E-state index is 9.70. The number of phenolic OH excluding ortho intramolecular Hbond substituents is 1. The molecule has 0 heterocycles. The quantitative estimate of drug-likeness (QED) is 0.656. The number of hydrogen-bond acceptors (Lipinski definition) is 4. The average molecular weight is 306 g/mol. The van der Waals surface area contributed by atoms with Crippen molar-refractivity contribution in [2.75, 3.05) is 20.3 Å². The molecule has 0 aliphatic rings. The van der Waals surface area contributed by atoms with E-state index in [1.165, 1.54) is 0 Å². The second-order valence-corrected chi connectivity index (χ2v) is 4.70. The van der Waals surface area contributed by atoms with E-state index < -0.39 is 0 Å². The van der Waals surface area contributed by atoms with Crippen molar-refractivity contribution >= 4 is 17.8 Å². The Bertz CT molecular complexity index is 611. The summed E-state index contributed by atoms with van der Waals surface area (Å²) in [5.74, 6) is 1.59. The smallest absolute Gasteiger partial charge is 0.124 e. The molecule has 0 amide bonds. The topological polar surface area (TPSA) is 51.0 Å². The molecule has 2 aromatic carbocycles. The molecule has 0 saturated heterocycles. The summed E-state index contributed by atoms with van der Waals surface area (Å²) < 4.78 is 10.6. The van der Waals surface area contributed by atoms with Gasteiger partial charge in [0.1, 0.15) is 23.9 Å². The number of ether oxygens (including phenoxy) is 2. The van der Waals surface area contributed by atoms with Crippen LogP contribution in [0.15, 0.2) is 47.5 Å². The fourth-order valence-corrected chi connectivity index (χ4v) is 1.80. The van der Waals surface area contributed by atoms with Crippen LogP contribution in [0.1, 0.15) is 5.56 Å². The van der Waals surface area contributed by atoms with Crippen molar-refractivity contribution in [2.45, 2.75) is 0 Å². The number of nitrogens with zero attached hydrogens (tertiary/aromatic N) is 1. The van der Waals surface area contributed by atoms with Gasteiger partial charge in [0.15, 0.2) is 0 Å². The molecule has 0 atom stereocenters. The highest BCUT2D eigenvalue weighted by Crippen LogP contribution is 2.21. The van der Waals surface area contributed by atoms with Gasteiger partial charge in [0, 0.05) is 16.8 Å². The largest absolute Gasteiger partial charge is 0.507 e. The Morgan fingerprint density at radius 2 is 1.86 bits per heavy atom. The lowest BCUT2D eigenvalue weighted by atomic mass is 10.2. The summed E-state index contributed by atoms with van der Waals surface area (Å²) in [6.45, 7) is 0.933. The fraction of sp³-hybridized carbons (Fsp3) is 0.188. The third kappa shape index (κ3) is 4.68. The Hall–Kier alpha value is -2.20. The van der Waals surface area contributed by atoms with Gasteiger partial charge in [-0.2, -0.15) is 0 Å². The predicted molar refractivity (Wildman–Crippen MR) is 84.1 cm³/mol. The fourth-order valence-electron chi connectivity index (χ4n) is 1.67. The molecule has 5 heteroatoms. The van der Waals surface area contributed by atoms with Gasteiger partial charge in [-0.05, 0) is 42.5 Å². The summed E-state index contributed by atoms with van der Waals surface area (Å²) in [7, 11) is 1.58. The predicted octanol–water partition coefficient (Wildman–Crippen LogP) is 3.55. The summed E-state index contributed by atoms with van der Waals surface area (Å²) >= 11 is 5.79. The first-order chi connectivity index (χ1) is 10.2. The number of methoxy groups -OCH3 is 1. The van der Waals surface area contributed by atoms with Crippen LogP contribution in [0, 0.1) is 0 Å². The highest BCUT2D eigenvalue weighted by molar-refractivity contribution is 6.30. The summed E-state index contributed by atoms with van der Waals surface area (Å²) in [5, 5.41) is 10.4. The standard InChI is InChI=1S/C16H16ClNO3/c1-20-15-6-7-16(19)12(10-15)11-18-8-9-21-14-4-2-13(17)3-5-14/h2-7,10-11,19H,8-9H2,1H3. The minimum atomic E-state index is 0.165. The zero-order valence-electron chi connectivity index (χ0n) is 11.6. The zero-order chi connectivity index (χ0) is 15.1. The minimum Gasteiger partial charge on any atom is -0.507 e. The van der Waals surface area contributed by atoms with Crippen LogP contribution in [0.2, 0.25) is 5.02 Å². The minimum absolute atomic E-state index is 0.165. The van der Waals surface area contributed by atoms with E-state index in [0.29, 0.717) is 29.5 Å². The molecule has 0 fully saturated rings. The first-order valence-corrected chi connectivity index (χ1v) is 6.82. The van der Waals surface area contributed by atoms with Crippen LogP contribution < -0.4 is 9.47 Å². The first-order valence-electron chi connectivity index (χ1n) is 6.44. The molecular weight excluding hydrogens is 290 g/mol. The van der Waals surface area contributed by atoms with E-state index in [0.717, 1.165) is 5.75 Å². The average Bonchev–Trinajstić information content (AvgIpc) is 2.50. The van der Waals surface area contributed by atoms with Gasteiger partial charge < -0.3 is 14.6 Å². The van der Waals surface area contributed by atoms with Crippen LogP contribution in [0.25, 0.3) is 0 Å². The molecule has 0 unspecified atom stereocenters. The van der Waals surface area contributed by atoms with Gasteiger partial charge in [-0.15, -0.1) is 0 Å². The molecule has 0 aromatic heterocycles. The van der Waals surface area contributed by atoms with E-state index in [9.17, 15) is 5.11 Å². The maximum atomic E-state index is 9.70. The number of benzene rings is 2. The van der Waals surface area contributed by atoms with E-state index >= 15 is 0 Å². The van der Waals surface area contributed by atoms with Crippen molar-refractivity contribution in [3.8, 4) is 17.2 Å². The normalized spacial score (nSPS) is 10.8. The molecular formula is C16H16ClNO3. The van der Waals surface area contributed by atoms with Crippen LogP contribution in [-0.2, 0) is 0 Å². The lowest BCUT2D eigenvalue weighted by Gasteiger charge is -2.04. The molecule has 4 nitrogen and oxygen atoms in total. The van der Waals surface area contributed by atoms with Crippen molar-refractivity contribution in [3.63, 3.8) is 0 Å². The second-order valence-electron chi connectivity index (χ2n) is 4.26. The summed E-state index contributed by atoms with van der Waals surface area (Å²) in [4.78, 5) is 4.22. The molecule has 0 aliphatic carbocycles. The van der Waals surface area contributed by atoms with Gasteiger partial charge in [0.25, 0.3) is 0 Å². The van der Waals surface area contributed by atoms with Crippen LogP contribution in [-0.4, -0.2) is 31.6 Å². The Morgan fingerprint density at radius 3 is 2.57 bits per heavy atom. The Labute approximate surface area is 128 Å². The molecule has 0 spiro atoms. The van der Waals surface area contributed by atoms with Gasteiger partial charge in [0.05, 0.1) is 13.7 Å². The molecule has 0 radical (unpaired) electrons. The molecule has 110 valence electrons. The van der Waals surface area contributed by atoms with Gasteiger partial charge in [0.2, 0.25) is 0 Å². The van der Waals surface area contributed by atoms with E-state index in [-0.39, 0.29) is 5.75 Å². The van der Waals surface area contributed by atoms with Crippen LogP contribution in [0.5, 0.6) is 17.2 Å². The molecule has 2 rings (SSSR count). The Balaban J connectivity index is 1.84. The number of rotatable bonds is 6.